The fourth-order valence-electron chi connectivity index (χ4n) is 6.29. The first kappa shape index (κ1) is 31.4. The molecular formula is C29H32F5N9O3. The van der Waals surface area contributed by atoms with Gasteiger partial charge in [-0.1, -0.05) is 0 Å². The number of fused-ring (bicyclic) bond motifs is 1. The summed E-state index contributed by atoms with van der Waals surface area (Å²) >= 11 is 0. The van der Waals surface area contributed by atoms with Crippen molar-refractivity contribution < 1.29 is 36.3 Å². The van der Waals surface area contributed by atoms with E-state index in [1.807, 2.05) is 0 Å². The Morgan fingerprint density at radius 2 is 1.85 bits per heavy atom. The summed E-state index contributed by atoms with van der Waals surface area (Å²) in [6, 6.07) is 4.71. The first-order valence-electron chi connectivity index (χ1n) is 14.7. The Kier molecular flexibility index (Phi) is 8.20. The van der Waals surface area contributed by atoms with Crippen LogP contribution in [0.4, 0.5) is 32.4 Å². The fraction of sp³-hybridized carbons (Fsp3) is 0.483. The SMILES string of the molecule is Cc1cc(NC(=O)c2ncc(-c3cn(CC(F)F)nc3C(F)(F)F)n2C)ccc1C(=O)NC1[C@H]2CN(C(=O)N[C@H]3CCNC3)C[C@@H]12. The molecule has 3 aliphatic rings. The second kappa shape index (κ2) is 12.0. The molecule has 4 heterocycles. The molecule has 0 bridgehead atoms. The van der Waals surface area contributed by atoms with Crippen LogP contribution in [0.25, 0.3) is 11.3 Å². The summed E-state index contributed by atoms with van der Waals surface area (Å²) in [7, 11) is 1.33. The van der Waals surface area contributed by atoms with Crippen molar-refractivity contribution in [3.8, 4) is 11.3 Å². The molecule has 1 saturated carbocycles. The lowest BCUT2D eigenvalue weighted by Gasteiger charge is -2.23. The number of likely N-dealkylation sites (tertiary alicyclic amines) is 1. The van der Waals surface area contributed by atoms with Crippen LogP contribution in [0.1, 0.15) is 38.7 Å². The molecule has 46 heavy (non-hydrogen) atoms. The molecule has 4 atom stereocenters. The molecule has 12 nitrogen and oxygen atoms in total. The lowest BCUT2D eigenvalue weighted by atomic mass is 10.1. The molecular weight excluding hydrogens is 617 g/mol. The van der Waals surface area contributed by atoms with Crippen LogP contribution >= 0.6 is 0 Å². The monoisotopic (exact) mass is 649 g/mol. The number of benzene rings is 1. The minimum atomic E-state index is -4.93. The van der Waals surface area contributed by atoms with Gasteiger partial charge < -0.3 is 30.7 Å². The minimum Gasteiger partial charge on any atom is -0.349 e. The van der Waals surface area contributed by atoms with Gasteiger partial charge in [0.2, 0.25) is 0 Å². The van der Waals surface area contributed by atoms with Crippen LogP contribution in [0.2, 0.25) is 0 Å². The van der Waals surface area contributed by atoms with Crippen molar-refractivity contribution in [1.82, 2.24) is 40.2 Å². The van der Waals surface area contributed by atoms with Gasteiger partial charge in [0, 0.05) is 68.0 Å². The van der Waals surface area contributed by atoms with Crippen molar-refractivity contribution >= 4 is 23.5 Å². The highest BCUT2D eigenvalue weighted by molar-refractivity contribution is 6.03. The van der Waals surface area contributed by atoms with Gasteiger partial charge in [-0.15, -0.1) is 0 Å². The fourth-order valence-corrected chi connectivity index (χ4v) is 6.29. The number of nitrogens with one attached hydrogen (secondary N) is 4. The van der Waals surface area contributed by atoms with Gasteiger partial charge in [0.1, 0.15) is 6.54 Å². The van der Waals surface area contributed by atoms with Crippen LogP contribution in [0.15, 0.2) is 30.6 Å². The molecule has 3 aromatic rings. The zero-order valence-electron chi connectivity index (χ0n) is 24.9. The molecule has 2 aromatic heterocycles. The van der Waals surface area contributed by atoms with E-state index in [0.717, 1.165) is 36.5 Å². The maximum absolute atomic E-state index is 13.6. The average molecular weight is 650 g/mol. The number of carbonyl (C=O) groups excluding carboxylic acids is 3. The summed E-state index contributed by atoms with van der Waals surface area (Å²) in [5.41, 5.74) is -0.694. The number of urea groups is 1. The van der Waals surface area contributed by atoms with E-state index < -0.39 is 36.3 Å². The van der Waals surface area contributed by atoms with Gasteiger partial charge >= 0.3 is 12.2 Å². The third kappa shape index (κ3) is 6.27. The Balaban J connectivity index is 1.06. The number of halogens is 5. The van der Waals surface area contributed by atoms with Gasteiger partial charge in [0.25, 0.3) is 18.2 Å². The van der Waals surface area contributed by atoms with E-state index >= 15 is 0 Å². The molecule has 3 fully saturated rings. The first-order chi connectivity index (χ1) is 21.8. The van der Waals surface area contributed by atoms with Crippen LogP contribution in [0.3, 0.4) is 0 Å². The number of anilines is 1. The maximum Gasteiger partial charge on any atom is 0.435 e. The van der Waals surface area contributed by atoms with Crippen molar-refractivity contribution in [3.63, 3.8) is 0 Å². The van der Waals surface area contributed by atoms with Gasteiger partial charge in [-0.05, 0) is 43.7 Å². The van der Waals surface area contributed by atoms with E-state index in [9.17, 15) is 36.3 Å². The number of imidazole rings is 1. The van der Waals surface area contributed by atoms with Crippen LogP contribution in [-0.4, -0.2) is 86.8 Å². The number of nitrogens with zero attached hydrogens (tertiary/aromatic N) is 5. The number of piperidine rings is 1. The maximum atomic E-state index is 13.6. The molecule has 1 aromatic carbocycles. The molecule has 2 saturated heterocycles. The Labute approximate surface area is 259 Å². The standard InChI is InChI=1S/C29H32F5N9O3/c1-14-7-15(3-4-17(14)26(44)39-23-18-10-42(11-19(18)23)28(46)38-16-5-6-35-8-16)37-27(45)25-36-9-21(41(25)2)20-12-43(13-22(30)31)40-24(20)29(32,33)34/h3-4,7,9,12,16,18-19,22-23,35H,5-6,8,10-11,13H2,1-2H3,(H,37,45)(H,38,46)(H,39,44)/t16-,18-,19+,23?/m0/s1. The number of carbonyl (C=O) groups is 3. The van der Waals surface area contributed by atoms with Crippen LogP contribution < -0.4 is 21.3 Å². The second-order valence-corrected chi connectivity index (χ2v) is 11.9. The van der Waals surface area contributed by atoms with Crippen LogP contribution in [0.5, 0.6) is 0 Å². The van der Waals surface area contributed by atoms with Crippen molar-refractivity contribution in [2.24, 2.45) is 18.9 Å². The molecule has 4 N–H and O–H groups in total. The van der Waals surface area contributed by atoms with Crippen molar-refractivity contribution in [2.45, 2.75) is 44.6 Å². The number of rotatable bonds is 8. The molecule has 1 unspecified atom stereocenters. The molecule has 6 rings (SSSR count). The Bertz CT molecular complexity index is 1650. The van der Waals surface area contributed by atoms with Crippen molar-refractivity contribution in [3.05, 3.63) is 53.2 Å². The van der Waals surface area contributed by atoms with Crippen LogP contribution in [-0.2, 0) is 19.8 Å². The molecule has 0 radical (unpaired) electrons. The van der Waals surface area contributed by atoms with E-state index in [4.69, 9.17) is 0 Å². The van der Waals surface area contributed by atoms with Crippen molar-refractivity contribution in [2.75, 3.05) is 31.5 Å². The normalized spacial score (nSPS) is 22.2. The number of amides is 4. The van der Waals surface area contributed by atoms with E-state index in [1.54, 1.807) is 24.0 Å². The highest BCUT2D eigenvalue weighted by Gasteiger charge is 2.57. The molecule has 246 valence electrons. The Morgan fingerprint density at radius 1 is 1.11 bits per heavy atom. The summed E-state index contributed by atoms with van der Waals surface area (Å²) in [5.74, 6) is -0.841. The number of alkyl halides is 5. The van der Waals surface area contributed by atoms with Crippen molar-refractivity contribution in [1.29, 1.82) is 0 Å². The largest absolute Gasteiger partial charge is 0.435 e. The van der Waals surface area contributed by atoms with Gasteiger partial charge in [-0.3, -0.25) is 14.3 Å². The average Bonchev–Trinajstić information content (AvgIpc) is 3.58. The van der Waals surface area contributed by atoms with Gasteiger partial charge in [-0.25, -0.2) is 18.6 Å². The molecule has 4 amide bonds. The van der Waals surface area contributed by atoms with Gasteiger partial charge in [-0.2, -0.15) is 18.3 Å². The van der Waals surface area contributed by atoms with E-state index in [0.29, 0.717) is 34.6 Å². The topological polar surface area (TPSA) is 138 Å². The van der Waals surface area contributed by atoms with Crippen LogP contribution in [0, 0.1) is 18.8 Å². The Hall–Kier alpha value is -4.54. The predicted molar refractivity (Wildman–Crippen MR) is 154 cm³/mol. The third-order valence-electron chi connectivity index (χ3n) is 8.72. The van der Waals surface area contributed by atoms with Gasteiger partial charge in [0.15, 0.2) is 11.5 Å². The summed E-state index contributed by atoms with van der Waals surface area (Å²) in [5, 5.41) is 15.2. The zero-order valence-corrected chi connectivity index (χ0v) is 24.9. The summed E-state index contributed by atoms with van der Waals surface area (Å²) in [6.45, 7) is 3.49. The molecule has 2 aliphatic heterocycles. The highest BCUT2D eigenvalue weighted by Crippen LogP contribution is 2.45. The number of aromatic nitrogens is 4. The van der Waals surface area contributed by atoms with E-state index in [-0.39, 0.29) is 47.4 Å². The molecule has 0 spiro atoms. The quantitative estimate of drug-likeness (QED) is 0.277. The highest BCUT2D eigenvalue weighted by atomic mass is 19.4. The Morgan fingerprint density at radius 3 is 2.48 bits per heavy atom. The summed E-state index contributed by atoms with van der Waals surface area (Å²) in [6.07, 6.45) is -5.05. The predicted octanol–water partition coefficient (Wildman–Crippen LogP) is 2.86. The van der Waals surface area contributed by atoms with E-state index in [1.165, 1.54) is 13.1 Å². The third-order valence-corrected chi connectivity index (χ3v) is 8.72. The summed E-state index contributed by atoms with van der Waals surface area (Å²) in [4.78, 5) is 44.4. The minimum absolute atomic E-state index is 0.0265. The lowest BCUT2D eigenvalue weighted by molar-refractivity contribution is -0.141. The smallest absolute Gasteiger partial charge is 0.349 e. The van der Waals surface area contributed by atoms with Gasteiger partial charge in [0.05, 0.1) is 17.5 Å². The zero-order chi connectivity index (χ0) is 32.9. The molecule has 17 heteroatoms. The lowest BCUT2D eigenvalue weighted by Crippen LogP contribution is -2.46. The first-order valence-corrected chi connectivity index (χ1v) is 14.7. The number of hydrogen-bond acceptors (Lipinski definition) is 6. The number of hydrogen-bond donors (Lipinski definition) is 4. The number of aryl methyl sites for hydroxylation is 1. The summed E-state index contributed by atoms with van der Waals surface area (Å²) < 4.78 is 68.1. The second-order valence-electron chi connectivity index (χ2n) is 11.9. The van der Waals surface area contributed by atoms with E-state index in [2.05, 4.69) is 31.3 Å². The molecule has 1 aliphatic carbocycles.